The normalized spacial score (nSPS) is 12.3. The van der Waals surface area contributed by atoms with Crippen LogP contribution in [0.1, 0.15) is 29.2 Å². The number of H-pyrrole nitrogens is 1. The highest BCUT2D eigenvalue weighted by molar-refractivity contribution is 7.09. The first-order valence-corrected chi connectivity index (χ1v) is 8.36. The number of carbonyl (C=O) groups is 1. The molecule has 0 bridgehead atoms. The van der Waals surface area contributed by atoms with Crippen LogP contribution in [-0.2, 0) is 6.54 Å². The Labute approximate surface area is 138 Å². The highest BCUT2D eigenvalue weighted by atomic mass is 32.1. The van der Waals surface area contributed by atoms with E-state index in [4.69, 9.17) is 0 Å². The van der Waals surface area contributed by atoms with Gasteiger partial charge in [-0.05, 0) is 18.6 Å². The summed E-state index contributed by atoms with van der Waals surface area (Å²) >= 11 is 1.60. The molecule has 0 aliphatic heterocycles. The number of rotatable bonds is 5. The number of hydrogen-bond donors (Lipinski definition) is 3. The fourth-order valence-corrected chi connectivity index (χ4v) is 3.05. The molecule has 0 aliphatic rings. The van der Waals surface area contributed by atoms with Crippen LogP contribution in [0.15, 0.2) is 29.8 Å². The average molecular weight is 329 g/mol. The molecule has 7 heteroatoms. The molecule has 0 radical (unpaired) electrons. The number of nitrogens with zero attached hydrogens (tertiary/aromatic N) is 2. The van der Waals surface area contributed by atoms with E-state index < -0.39 is 0 Å². The summed E-state index contributed by atoms with van der Waals surface area (Å²) in [4.78, 5) is 23.9. The predicted octanol–water partition coefficient (Wildman–Crippen LogP) is 2.93. The van der Waals surface area contributed by atoms with Gasteiger partial charge in [0, 0.05) is 24.0 Å². The van der Waals surface area contributed by atoms with Gasteiger partial charge in [-0.3, -0.25) is 0 Å². The minimum Gasteiger partial charge on any atom is -0.340 e. The van der Waals surface area contributed by atoms with Gasteiger partial charge in [0.05, 0.1) is 22.6 Å². The summed E-state index contributed by atoms with van der Waals surface area (Å²) in [6.07, 6.45) is 1.78. The minimum atomic E-state index is -0.203. The number of carbonyl (C=O) groups excluding carboxylic acids is 1. The van der Waals surface area contributed by atoms with Crippen LogP contribution in [0, 0.1) is 6.92 Å². The van der Waals surface area contributed by atoms with Crippen molar-refractivity contribution in [3.05, 3.63) is 46.2 Å². The van der Waals surface area contributed by atoms with Gasteiger partial charge in [-0.25, -0.2) is 14.8 Å². The number of amides is 2. The highest BCUT2D eigenvalue weighted by Gasteiger charge is 2.10. The quantitative estimate of drug-likeness (QED) is 0.673. The zero-order valence-corrected chi connectivity index (χ0v) is 13.9. The molecule has 3 rings (SSSR count). The van der Waals surface area contributed by atoms with Crippen LogP contribution in [0.3, 0.4) is 0 Å². The molecule has 0 aliphatic carbocycles. The maximum Gasteiger partial charge on any atom is 0.315 e. The topological polar surface area (TPSA) is 82.7 Å². The molecule has 2 aromatic heterocycles. The van der Waals surface area contributed by atoms with Gasteiger partial charge >= 0.3 is 6.03 Å². The fraction of sp³-hybridized carbons (Fsp3) is 0.312. The van der Waals surface area contributed by atoms with E-state index >= 15 is 0 Å². The van der Waals surface area contributed by atoms with Gasteiger partial charge in [0.15, 0.2) is 0 Å². The second-order valence-corrected chi connectivity index (χ2v) is 6.42. The maximum absolute atomic E-state index is 11.9. The lowest BCUT2D eigenvalue weighted by Crippen LogP contribution is -2.37. The van der Waals surface area contributed by atoms with Crippen molar-refractivity contribution in [1.82, 2.24) is 25.6 Å². The summed E-state index contributed by atoms with van der Waals surface area (Å²) in [6, 6.07) is 5.78. The van der Waals surface area contributed by atoms with Gasteiger partial charge in [0.25, 0.3) is 0 Å². The fourth-order valence-electron chi connectivity index (χ4n) is 2.35. The zero-order valence-electron chi connectivity index (χ0n) is 13.1. The van der Waals surface area contributed by atoms with Crippen LogP contribution in [0.2, 0.25) is 0 Å². The molecule has 0 fully saturated rings. The molecular formula is C16H19N5OS. The Morgan fingerprint density at radius 2 is 2.26 bits per heavy atom. The third-order valence-electron chi connectivity index (χ3n) is 3.62. The molecule has 0 spiro atoms. The van der Waals surface area contributed by atoms with Crippen molar-refractivity contribution in [1.29, 1.82) is 0 Å². The van der Waals surface area contributed by atoms with Crippen molar-refractivity contribution in [3.63, 3.8) is 0 Å². The van der Waals surface area contributed by atoms with Crippen molar-refractivity contribution < 1.29 is 4.79 Å². The molecule has 1 aromatic carbocycles. The average Bonchev–Trinajstić information content (AvgIpc) is 3.20. The number of aromatic amines is 1. The van der Waals surface area contributed by atoms with Gasteiger partial charge in [-0.1, -0.05) is 19.1 Å². The van der Waals surface area contributed by atoms with Crippen LogP contribution >= 0.6 is 11.3 Å². The second kappa shape index (κ2) is 6.78. The van der Waals surface area contributed by atoms with Crippen molar-refractivity contribution in [2.75, 3.05) is 6.54 Å². The van der Waals surface area contributed by atoms with E-state index in [0.29, 0.717) is 13.1 Å². The second-order valence-electron chi connectivity index (χ2n) is 5.49. The van der Waals surface area contributed by atoms with Crippen molar-refractivity contribution in [2.24, 2.45) is 0 Å². The number of benzene rings is 1. The molecule has 6 nitrogen and oxygen atoms in total. The van der Waals surface area contributed by atoms with Gasteiger partial charge in [0.1, 0.15) is 5.82 Å². The summed E-state index contributed by atoms with van der Waals surface area (Å²) in [6.45, 7) is 4.98. The number of hydrogen-bond acceptors (Lipinski definition) is 4. The summed E-state index contributed by atoms with van der Waals surface area (Å²) < 4.78 is 0. The van der Waals surface area contributed by atoms with Crippen molar-refractivity contribution in [2.45, 2.75) is 26.3 Å². The maximum atomic E-state index is 11.9. The Kier molecular flexibility index (Phi) is 4.57. The number of para-hydroxylation sites is 1. The summed E-state index contributed by atoms with van der Waals surface area (Å²) in [5, 5.41) is 8.65. The first-order chi connectivity index (χ1) is 11.1. The molecule has 2 heterocycles. The lowest BCUT2D eigenvalue weighted by molar-refractivity contribution is 0.239. The first-order valence-electron chi connectivity index (χ1n) is 7.49. The van der Waals surface area contributed by atoms with Gasteiger partial charge in [-0.2, -0.15) is 0 Å². The molecule has 3 N–H and O–H groups in total. The largest absolute Gasteiger partial charge is 0.340 e. The number of imidazole rings is 1. The smallest absolute Gasteiger partial charge is 0.315 e. The van der Waals surface area contributed by atoms with Gasteiger partial charge in [-0.15, -0.1) is 11.3 Å². The Morgan fingerprint density at radius 1 is 1.39 bits per heavy atom. The van der Waals surface area contributed by atoms with Crippen LogP contribution in [0.4, 0.5) is 4.79 Å². The number of aromatic nitrogens is 3. The van der Waals surface area contributed by atoms with Crippen molar-refractivity contribution in [3.8, 4) is 0 Å². The molecule has 3 aromatic rings. The molecule has 2 amide bonds. The highest BCUT2D eigenvalue weighted by Crippen LogP contribution is 2.16. The number of nitrogens with one attached hydrogen (secondary N) is 3. The molecule has 23 heavy (non-hydrogen) atoms. The molecular weight excluding hydrogens is 310 g/mol. The molecule has 1 unspecified atom stereocenters. The Morgan fingerprint density at radius 3 is 3.00 bits per heavy atom. The Balaban J connectivity index is 1.51. The summed E-state index contributed by atoms with van der Waals surface area (Å²) in [5.74, 6) is 0.951. The van der Waals surface area contributed by atoms with E-state index in [1.54, 1.807) is 17.5 Å². The lowest BCUT2D eigenvalue weighted by Gasteiger charge is -2.10. The van der Waals surface area contributed by atoms with Crippen LogP contribution in [-0.4, -0.2) is 27.5 Å². The van der Waals surface area contributed by atoms with Crippen molar-refractivity contribution >= 4 is 28.4 Å². The van der Waals surface area contributed by atoms with Gasteiger partial charge in [0.2, 0.25) is 0 Å². The summed E-state index contributed by atoms with van der Waals surface area (Å²) in [5.41, 5.74) is 3.05. The minimum absolute atomic E-state index is 0.203. The van der Waals surface area contributed by atoms with E-state index in [2.05, 4.69) is 25.6 Å². The van der Waals surface area contributed by atoms with E-state index in [0.717, 1.165) is 27.4 Å². The van der Waals surface area contributed by atoms with E-state index in [-0.39, 0.29) is 11.9 Å². The SMILES string of the molecule is Cc1cccc2[nH]c(CNC(=O)NCC(C)c3nccs3)nc12. The van der Waals surface area contributed by atoms with E-state index in [9.17, 15) is 4.79 Å². The number of thiazole rings is 1. The third kappa shape index (κ3) is 3.68. The number of aryl methyl sites for hydroxylation is 1. The number of fused-ring (bicyclic) bond motifs is 1. The molecule has 120 valence electrons. The Hall–Kier alpha value is -2.41. The van der Waals surface area contributed by atoms with Gasteiger partial charge < -0.3 is 15.6 Å². The van der Waals surface area contributed by atoms with Crippen LogP contribution in [0.5, 0.6) is 0 Å². The summed E-state index contributed by atoms with van der Waals surface area (Å²) in [7, 11) is 0. The third-order valence-corrected chi connectivity index (χ3v) is 4.63. The Bertz CT molecular complexity index is 796. The monoisotopic (exact) mass is 329 g/mol. The lowest BCUT2D eigenvalue weighted by atomic mass is 10.2. The van der Waals surface area contributed by atoms with Crippen LogP contribution in [0.25, 0.3) is 11.0 Å². The van der Waals surface area contributed by atoms with Crippen LogP contribution < -0.4 is 10.6 Å². The molecule has 0 saturated heterocycles. The van der Waals surface area contributed by atoms with E-state index in [1.807, 2.05) is 37.4 Å². The molecule has 0 saturated carbocycles. The van der Waals surface area contributed by atoms with E-state index in [1.165, 1.54) is 0 Å². The predicted molar refractivity (Wildman–Crippen MR) is 91.6 cm³/mol. The zero-order chi connectivity index (χ0) is 16.2. The standard InChI is InChI=1S/C16H19N5OS/c1-10-4-3-5-12-14(10)21-13(20-12)9-19-16(22)18-8-11(2)15-17-6-7-23-15/h3-7,11H,8-9H2,1-2H3,(H,20,21)(H2,18,19,22). The first kappa shape index (κ1) is 15.5. The molecule has 1 atom stereocenters. The number of urea groups is 1.